The van der Waals surface area contributed by atoms with Crippen LogP contribution >= 0.6 is 15.9 Å². The minimum Gasteiger partial charge on any atom is -0.507 e. The summed E-state index contributed by atoms with van der Waals surface area (Å²) in [5, 5.41) is 12.5. The number of carbonyl (C=O) groups excluding carboxylic acids is 2. The topological polar surface area (TPSA) is 75.6 Å². The van der Waals surface area contributed by atoms with Crippen LogP contribution in [0.2, 0.25) is 0 Å². The van der Waals surface area contributed by atoms with Crippen molar-refractivity contribution in [1.82, 2.24) is 5.32 Å². The van der Waals surface area contributed by atoms with Crippen molar-refractivity contribution in [3.8, 4) is 5.75 Å². The number of esters is 1. The van der Waals surface area contributed by atoms with Gasteiger partial charge in [0.15, 0.2) is 6.61 Å². The van der Waals surface area contributed by atoms with E-state index in [0.717, 1.165) is 15.6 Å². The molecule has 0 bridgehead atoms. The third kappa shape index (κ3) is 4.83. The Balaban J connectivity index is 1.88. The monoisotopic (exact) mass is 391 g/mol. The maximum absolute atomic E-state index is 11.9. The van der Waals surface area contributed by atoms with E-state index in [1.165, 1.54) is 12.1 Å². The Morgan fingerprint density at radius 1 is 1.21 bits per heavy atom. The molecule has 0 heterocycles. The van der Waals surface area contributed by atoms with E-state index >= 15 is 0 Å². The van der Waals surface area contributed by atoms with Gasteiger partial charge in [-0.2, -0.15) is 0 Å². The number of phenolic OH excluding ortho intramolecular Hbond substituents is 1. The molecule has 2 N–H and O–H groups in total. The standard InChI is InChI=1S/C18H18BrNO4/c1-11-3-8-15(16(21)9-11)18(23)24-10-17(22)20-12(2)13-4-6-14(19)7-5-13/h3-9,12,21H,10H2,1-2H3,(H,20,22)/t12-/m0/s1. The molecule has 2 rings (SSSR count). The molecule has 126 valence electrons. The summed E-state index contributed by atoms with van der Waals surface area (Å²) in [5.41, 5.74) is 1.80. The van der Waals surface area contributed by atoms with E-state index in [9.17, 15) is 14.7 Å². The van der Waals surface area contributed by atoms with Gasteiger partial charge >= 0.3 is 5.97 Å². The van der Waals surface area contributed by atoms with E-state index in [0.29, 0.717) is 0 Å². The second-order valence-electron chi connectivity index (χ2n) is 5.44. The molecular formula is C18H18BrNO4. The maximum Gasteiger partial charge on any atom is 0.342 e. The molecule has 6 heteroatoms. The number of aryl methyl sites for hydroxylation is 1. The quantitative estimate of drug-likeness (QED) is 0.764. The molecule has 0 aliphatic heterocycles. The molecular weight excluding hydrogens is 374 g/mol. The van der Waals surface area contributed by atoms with Crippen molar-refractivity contribution in [2.45, 2.75) is 19.9 Å². The second kappa shape index (κ2) is 7.97. The van der Waals surface area contributed by atoms with Gasteiger partial charge < -0.3 is 15.2 Å². The lowest BCUT2D eigenvalue weighted by atomic mass is 10.1. The first kappa shape index (κ1) is 18.0. The number of amides is 1. The molecule has 0 aliphatic rings. The number of phenols is 1. The maximum atomic E-state index is 11.9. The average molecular weight is 392 g/mol. The highest BCUT2D eigenvalue weighted by atomic mass is 79.9. The van der Waals surface area contributed by atoms with Crippen molar-refractivity contribution < 1.29 is 19.4 Å². The van der Waals surface area contributed by atoms with Gasteiger partial charge in [0.05, 0.1) is 6.04 Å². The summed E-state index contributed by atoms with van der Waals surface area (Å²) in [4.78, 5) is 23.8. The molecule has 0 unspecified atom stereocenters. The van der Waals surface area contributed by atoms with Crippen LogP contribution in [-0.4, -0.2) is 23.6 Å². The number of carbonyl (C=O) groups is 2. The number of hydrogen-bond donors (Lipinski definition) is 2. The molecule has 5 nitrogen and oxygen atoms in total. The predicted molar refractivity (Wildman–Crippen MR) is 93.8 cm³/mol. The van der Waals surface area contributed by atoms with Crippen LogP contribution in [-0.2, 0) is 9.53 Å². The first-order valence-corrected chi connectivity index (χ1v) is 8.17. The number of ether oxygens (including phenoxy) is 1. The molecule has 0 saturated heterocycles. The molecule has 2 aromatic carbocycles. The normalized spacial score (nSPS) is 11.6. The SMILES string of the molecule is Cc1ccc(C(=O)OCC(=O)N[C@@H](C)c2ccc(Br)cc2)c(O)c1. The molecule has 1 atom stereocenters. The molecule has 0 saturated carbocycles. The molecule has 0 fully saturated rings. The summed E-state index contributed by atoms with van der Waals surface area (Å²) in [5.74, 6) is -1.31. The fraction of sp³-hybridized carbons (Fsp3) is 0.222. The first-order chi connectivity index (χ1) is 11.4. The van der Waals surface area contributed by atoms with Gasteiger partial charge in [0, 0.05) is 4.47 Å². The number of halogens is 1. The highest BCUT2D eigenvalue weighted by molar-refractivity contribution is 9.10. The average Bonchev–Trinajstić information content (AvgIpc) is 2.53. The van der Waals surface area contributed by atoms with E-state index in [-0.39, 0.29) is 17.4 Å². The van der Waals surface area contributed by atoms with Crippen LogP contribution in [0.5, 0.6) is 5.75 Å². The molecule has 0 aromatic heterocycles. The number of nitrogens with one attached hydrogen (secondary N) is 1. The summed E-state index contributed by atoms with van der Waals surface area (Å²) < 4.78 is 5.90. The Morgan fingerprint density at radius 2 is 1.88 bits per heavy atom. The van der Waals surface area contributed by atoms with Gasteiger partial charge in [-0.1, -0.05) is 34.1 Å². The van der Waals surface area contributed by atoms with Crippen LogP contribution in [0.25, 0.3) is 0 Å². The van der Waals surface area contributed by atoms with Crippen molar-refractivity contribution in [1.29, 1.82) is 0 Å². The fourth-order valence-electron chi connectivity index (χ4n) is 2.14. The van der Waals surface area contributed by atoms with E-state index in [1.54, 1.807) is 13.0 Å². The molecule has 1 amide bonds. The van der Waals surface area contributed by atoms with E-state index in [4.69, 9.17) is 4.74 Å². The number of hydrogen-bond acceptors (Lipinski definition) is 4. The van der Waals surface area contributed by atoms with Crippen molar-refractivity contribution in [3.63, 3.8) is 0 Å². The lowest BCUT2D eigenvalue weighted by molar-refractivity contribution is -0.124. The van der Waals surface area contributed by atoms with Crippen LogP contribution in [0, 0.1) is 6.92 Å². The predicted octanol–water partition coefficient (Wildman–Crippen LogP) is 3.50. The van der Waals surface area contributed by atoms with Crippen molar-refractivity contribution >= 4 is 27.8 Å². The van der Waals surface area contributed by atoms with Gasteiger partial charge in [0.25, 0.3) is 5.91 Å². The van der Waals surface area contributed by atoms with Crippen molar-refractivity contribution in [2.24, 2.45) is 0 Å². The Hall–Kier alpha value is -2.34. The molecule has 0 radical (unpaired) electrons. The zero-order chi connectivity index (χ0) is 17.7. The molecule has 0 aliphatic carbocycles. The van der Waals surface area contributed by atoms with Crippen LogP contribution in [0.3, 0.4) is 0 Å². The van der Waals surface area contributed by atoms with E-state index in [2.05, 4.69) is 21.2 Å². The minimum atomic E-state index is -0.737. The Kier molecular flexibility index (Phi) is 5.98. The van der Waals surface area contributed by atoms with Crippen molar-refractivity contribution in [2.75, 3.05) is 6.61 Å². The number of rotatable bonds is 5. The minimum absolute atomic E-state index is 0.0364. The zero-order valence-corrected chi connectivity index (χ0v) is 15.0. The highest BCUT2D eigenvalue weighted by Crippen LogP contribution is 2.19. The second-order valence-corrected chi connectivity index (χ2v) is 6.35. The smallest absolute Gasteiger partial charge is 0.342 e. The van der Waals surface area contributed by atoms with Crippen LogP contribution in [0.4, 0.5) is 0 Å². The number of benzene rings is 2. The van der Waals surface area contributed by atoms with Gasteiger partial charge in [0.1, 0.15) is 11.3 Å². The van der Waals surface area contributed by atoms with Gasteiger partial charge in [0.2, 0.25) is 0 Å². The van der Waals surface area contributed by atoms with Crippen LogP contribution in [0.1, 0.15) is 34.5 Å². The summed E-state index contributed by atoms with van der Waals surface area (Å²) >= 11 is 3.35. The highest BCUT2D eigenvalue weighted by Gasteiger charge is 2.15. The first-order valence-electron chi connectivity index (χ1n) is 7.38. The lowest BCUT2D eigenvalue weighted by Gasteiger charge is -2.14. The van der Waals surface area contributed by atoms with Crippen molar-refractivity contribution in [3.05, 3.63) is 63.6 Å². The third-order valence-electron chi connectivity index (χ3n) is 3.46. The largest absolute Gasteiger partial charge is 0.507 e. The van der Waals surface area contributed by atoms with Gasteiger partial charge in [-0.25, -0.2) is 4.79 Å². The zero-order valence-electron chi connectivity index (χ0n) is 13.4. The molecule has 2 aromatic rings. The summed E-state index contributed by atoms with van der Waals surface area (Å²) in [6, 6.07) is 12.0. The summed E-state index contributed by atoms with van der Waals surface area (Å²) in [7, 11) is 0. The van der Waals surface area contributed by atoms with E-state index in [1.807, 2.05) is 31.2 Å². The summed E-state index contributed by atoms with van der Waals surface area (Å²) in [6.45, 7) is 3.23. The Bertz CT molecular complexity index is 743. The number of aromatic hydroxyl groups is 1. The Morgan fingerprint density at radius 3 is 2.50 bits per heavy atom. The van der Waals surface area contributed by atoms with Crippen LogP contribution in [0.15, 0.2) is 46.9 Å². The van der Waals surface area contributed by atoms with Gasteiger partial charge in [-0.05, 0) is 49.2 Å². The summed E-state index contributed by atoms with van der Waals surface area (Å²) in [6.07, 6.45) is 0. The van der Waals surface area contributed by atoms with Gasteiger partial charge in [-0.15, -0.1) is 0 Å². The molecule has 24 heavy (non-hydrogen) atoms. The van der Waals surface area contributed by atoms with E-state index < -0.39 is 18.5 Å². The van der Waals surface area contributed by atoms with Crippen LogP contribution < -0.4 is 5.32 Å². The third-order valence-corrected chi connectivity index (χ3v) is 3.98. The molecule has 0 spiro atoms. The van der Waals surface area contributed by atoms with Gasteiger partial charge in [-0.3, -0.25) is 4.79 Å². The Labute approximate surface area is 148 Å². The fourth-order valence-corrected chi connectivity index (χ4v) is 2.41. The lowest BCUT2D eigenvalue weighted by Crippen LogP contribution is -2.31.